The lowest BCUT2D eigenvalue weighted by Gasteiger charge is -2.08. The maximum Gasteiger partial charge on any atom is 0.184 e. The number of hydrogen-bond donors (Lipinski definition) is 1. The van der Waals surface area contributed by atoms with Crippen molar-refractivity contribution in [3.8, 4) is 0 Å². The summed E-state index contributed by atoms with van der Waals surface area (Å²) in [7, 11) is 0. The number of nitrogens with two attached hydrogens (primary N) is 1. The van der Waals surface area contributed by atoms with Gasteiger partial charge in [-0.1, -0.05) is 32.4 Å². The third-order valence-electron chi connectivity index (χ3n) is 1.47. The van der Waals surface area contributed by atoms with Crippen LogP contribution in [-0.2, 0) is 9.53 Å². The summed E-state index contributed by atoms with van der Waals surface area (Å²) in [5, 5.41) is 0. The lowest BCUT2D eigenvalue weighted by molar-refractivity contribution is -0.118. The van der Waals surface area contributed by atoms with Crippen molar-refractivity contribution in [2.45, 2.75) is 32.8 Å². The van der Waals surface area contributed by atoms with Gasteiger partial charge in [-0.2, -0.15) is 0 Å². The van der Waals surface area contributed by atoms with Crippen molar-refractivity contribution in [2.24, 2.45) is 11.7 Å². The van der Waals surface area contributed by atoms with Crippen LogP contribution in [0.4, 0.5) is 0 Å². The van der Waals surface area contributed by atoms with Gasteiger partial charge in [0, 0.05) is 5.92 Å². The first kappa shape index (κ1) is 12.3. The van der Waals surface area contributed by atoms with Gasteiger partial charge in [-0.25, -0.2) is 0 Å². The largest absolute Gasteiger partial charge is 0.480 e. The van der Waals surface area contributed by atoms with Crippen molar-refractivity contribution in [2.75, 3.05) is 0 Å². The van der Waals surface area contributed by atoms with Crippen LogP contribution in [0.1, 0.15) is 27.2 Å². The van der Waals surface area contributed by atoms with Crippen LogP contribution in [0.2, 0.25) is 0 Å². The summed E-state index contributed by atoms with van der Waals surface area (Å²) in [6, 6.07) is 0. The van der Waals surface area contributed by atoms with Gasteiger partial charge in [-0.3, -0.25) is 4.79 Å². The van der Waals surface area contributed by atoms with Gasteiger partial charge in [-0.15, -0.1) is 0 Å². The first-order valence-corrected chi connectivity index (χ1v) is 4.72. The molecule has 0 radical (unpaired) electrons. The molecule has 1 unspecified atom stereocenters. The Balaban J connectivity index is 4.09. The molecule has 0 aromatic carbocycles. The molecule has 4 heteroatoms. The highest BCUT2D eigenvalue weighted by Crippen LogP contribution is 2.06. The molecule has 0 fully saturated rings. The molecular formula is C9H16ClNO2. The lowest BCUT2D eigenvalue weighted by atomic mass is 10.1. The Morgan fingerprint density at radius 3 is 2.54 bits per heavy atom. The van der Waals surface area contributed by atoms with Crippen LogP contribution in [0.25, 0.3) is 0 Å². The second-order valence-electron chi connectivity index (χ2n) is 3.05. The summed E-state index contributed by atoms with van der Waals surface area (Å²) >= 11 is 5.66. The lowest BCUT2D eigenvalue weighted by Crippen LogP contribution is -2.17. The van der Waals surface area contributed by atoms with Crippen LogP contribution >= 0.6 is 11.6 Å². The molecule has 0 heterocycles. The van der Waals surface area contributed by atoms with Crippen LogP contribution < -0.4 is 5.73 Å². The number of allylic oxidation sites excluding steroid dienone is 1. The zero-order valence-electron chi connectivity index (χ0n) is 8.21. The van der Waals surface area contributed by atoms with Gasteiger partial charge < -0.3 is 10.5 Å². The number of carbonyl (C=O) groups is 1. The third-order valence-corrected chi connectivity index (χ3v) is 1.88. The summed E-state index contributed by atoms with van der Waals surface area (Å²) < 4.78 is 4.98. The number of halogens is 1. The number of ketones is 1. The fourth-order valence-electron chi connectivity index (χ4n) is 0.635. The predicted molar refractivity (Wildman–Crippen MR) is 53.1 cm³/mol. The van der Waals surface area contributed by atoms with E-state index < -0.39 is 5.56 Å². The maximum absolute atomic E-state index is 11.2. The Kier molecular flexibility index (Phi) is 5.55. The zero-order valence-corrected chi connectivity index (χ0v) is 8.97. The summed E-state index contributed by atoms with van der Waals surface area (Å²) in [4.78, 5) is 11.2. The standard InChI is InChI=1S/C9H16ClNO2/c1-4-8(10)13-5-7(11)9(12)6(2)3/h5-6,8H,4,11H2,1-3H3/b7-5-. The van der Waals surface area contributed by atoms with Gasteiger partial charge in [-0.05, 0) is 6.42 Å². The number of ether oxygens (including phenoxy) is 1. The molecule has 0 spiro atoms. The van der Waals surface area contributed by atoms with E-state index in [1.807, 2.05) is 6.92 Å². The SMILES string of the molecule is CCC(Cl)O/C=C(\N)C(=O)C(C)C. The molecule has 0 aromatic rings. The molecule has 0 aliphatic heterocycles. The maximum atomic E-state index is 11.2. The van der Waals surface area contributed by atoms with Gasteiger partial charge in [0.15, 0.2) is 11.3 Å². The molecule has 1 atom stereocenters. The monoisotopic (exact) mass is 205 g/mol. The molecule has 76 valence electrons. The van der Waals surface area contributed by atoms with Gasteiger partial charge in [0.05, 0.1) is 0 Å². The van der Waals surface area contributed by atoms with E-state index in [-0.39, 0.29) is 17.4 Å². The van der Waals surface area contributed by atoms with Crippen LogP contribution in [-0.4, -0.2) is 11.3 Å². The van der Waals surface area contributed by atoms with Crippen molar-refractivity contribution in [1.82, 2.24) is 0 Å². The normalized spacial score (nSPS) is 14.4. The molecule has 0 saturated heterocycles. The molecular weight excluding hydrogens is 190 g/mol. The second-order valence-corrected chi connectivity index (χ2v) is 3.53. The smallest absolute Gasteiger partial charge is 0.184 e. The third kappa shape index (κ3) is 4.78. The van der Waals surface area contributed by atoms with Crippen LogP contribution in [0.15, 0.2) is 12.0 Å². The minimum atomic E-state index is -0.418. The van der Waals surface area contributed by atoms with Gasteiger partial charge in [0.25, 0.3) is 0 Å². The molecule has 0 aliphatic rings. The first-order valence-electron chi connectivity index (χ1n) is 4.28. The fourth-order valence-corrected chi connectivity index (χ4v) is 0.686. The van der Waals surface area contributed by atoms with E-state index in [2.05, 4.69) is 0 Å². The molecule has 0 bridgehead atoms. The highest BCUT2D eigenvalue weighted by atomic mass is 35.5. The zero-order chi connectivity index (χ0) is 10.4. The van der Waals surface area contributed by atoms with Crippen molar-refractivity contribution in [3.05, 3.63) is 12.0 Å². The average Bonchev–Trinajstić information content (AvgIpc) is 2.11. The summed E-state index contributed by atoms with van der Waals surface area (Å²) in [6.07, 6.45) is 1.89. The number of rotatable bonds is 5. The van der Waals surface area contributed by atoms with E-state index in [1.165, 1.54) is 6.26 Å². The fraction of sp³-hybridized carbons (Fsp3) is 0.667. The molecule has 2 N–H and O–H groups in total. The van der Waals surface area contributed by atoms with Gasteiger partial charge in [0.2, 0.25) is 0 Å². The first-order chi connectivity index (χ1) is 5.99. The molecule has 0 amide bonds. The predicted octanol–water partition coefficient (Wildman–Crippen LogP) is 2.00. The molecule has 0 aliphatic carbocycles. The highest BCUT2D eigenvalue weighted by molar-refractivity contribution is 6.19. The second kappa shape index (κ2) is 5.86. The molecule has 3 nitrogen and oxygen atoms in total. The van der Waals surface area contributed by atoms with E-state index >= 15 is 0 Å². The Morgan fingerprint density at radius 2 is 2.15 bits per heavy atom. The van der Waals surface area contributed by atoms with E-state index in [0.29, 0.717) is 6.42 Å². The minimum absolute atomic E-state index is 0.116. The van der Waals surface area contributed by atoms with Crippen molar-refractivity contribution in [1.29, 1.82) is 0 Å². The summed E-state index contributed by atoms with van der Waals surface area (Å²) in [5.74, 6) is -0.241. The minimum Gasteiger partial charge on any atom is -0.480 e. The van der Waals surface area contributed by atoms with Crippen LogP contribution in [0, 0.1) is 5.92 Å². The van der Waals surface area contributed by atoms with Crippen molar-refractivity contribution in [3.63, 3.8) is 0 Å². The Bertz CT molecular complexity index is 202. The van der Waals surface area contributed by atoms with Gasteiger partial charge >= 0.3 is 0 Å². The quantitative estimate of drug-likeness (QED) is 0.424. The number of Topliss-reactive ketones (excluding diaryl/α,β-unsaturated/α-hetero) is 1. The van der Waals surface area contributed by atoms with Crippen molar-refractivity contribution >= 4 is 17.4 Å². The van der Waals surface area contributed by atoms with E-state index in [1.54, 1.807) is 13.8 Å². The van der Waals surface area contributed by atoms with E-state index in [0.717, 1.165) is 0 Å². The summed E-state index contributed by atoms with van der Waals surface area (Å²) in [6.45, 7) is 5.44. The number of hydrogen-bond acceptors (Lipinski definition) is 3. The van der Waals surface area contributed by atoms with Crippen LogP contribution in [0.5, 0.6) is 0 Å². The van der Waals surface area contributed by atoms with Crippen LogP contribution in [0.3, 0.4) is 0 Å². The highest BCUT2D eigenvalue weighted by Gasteiger charge is 2.10. The molecule has 0 saturated carbocycles. The van der Waals surface area contributed by atoms with E-state index in [9.17, 15) is 4.79 Å². The van der Waals surface area contributed by atoms with E-state index in [4.69, 9.17) is 22.1 Å². The average molecular weight is 206 g/mol. The topological polar surface area (TPSA) is 52.3 Å². The summed E-state index contributed by atoms with van der Waals surface area (Å²) in [5.41, 5.74) is 5.15. The van der Waals surface area contributed by atoms with Crippen molar-refractivity contribution < 1.29 is 9.53 Å². The Labute approximate surface area is 83.9 Å². The molecule has 13 heavy (non-hydrogen) atoms. The molecule has 0 aromatic heterocycles. The van der Waals surface area contributed by atoms with Gasteiger partial charge in [0.1, 0.15) is 12.0 Å². The molecule has 0 rings (SSSR count). The number of carbonyl (C=O) groups excluding carboxylic acids is 1. The number of alkyl halides is 1. The Hall–Kier alpha value is -0.700. The Morgan fingerprint density at radius 1 is 1.62 bits per heavy atom.